The zero-order chi connectivity index (χ0) is 14.7. The maximum absolute atomic E-state index is 12.3. The van der Waals surface area contributed by atoms with Gasteiger partial charge in [0.2, 0.25) is 0 Å². The van der Waals surface area contributed by atoms with Gasteiger partial charge in [-0.1, -0.05) is 6.07 Å². The number of anilines is 1. The number of hydrogen-bond acceptors (Lipinski definition) is 4. The summed E-state index contributed by atoms with van der Waals surface area (Å²) in [6, 6.07) is 7.90. The lowest BCUT2D eigenvalue weighted by Crippen LogP contribution is -2.57. The Morgan fingerprint density at radius 3 is 2.67 bits per heavy atom. The normalized spacial score (nSPS) is 20.0. The molecule has 0 bridgehead atoms. The van der Waals surface area contributed by atoms with Crippen LogP contribution in [-0.4, -0.2) is 68.4 Å². The van der Waals surface area contributed by atoms with Crippen molar-refractivity contribution in [2.24, 2.45) is 0 Å². The first kappa shape index (κ1) is 14.2. The zero-order valence-corrected chi connectivity index (χ0v) is 12.2. The first-order valence-corrected chi connectivity index (χ1v) is 7.28. The van der Waals surface area contributed by atoms with E-state index < -0.39 is 0 Å². The number of amides is 2. The van der Waals surface area contributed by atoms with Gasteiger partial charge in [0.15, 0.2) is 0 Å². The number of ether oxygens (including phenoxy) is 2. The maximum Gasteiger partial charge on any atom is 0.321 e. The minimum Gasteiger partial charge on any atom is -0.497 e. The first-order valence-electron chi connectivity index (χ1n) is 7.28. The van der Waals surface area contributed by atoms with Crippen LogP contribution in [0.2, 0.25) is 0 Å². The number of urea groups is 1. The van der Waals surface area contributed by atoms with Gasteiger partial charge in [0.05, 0.1) is 26.4 Å². The van der Waals surface area contributed by atoms with Crippen molar-refractivity contribution in [3.05, 3.63) is 24.3 Å². The van der Waals surface area contributed by atoms with Crippen LogP contribution in [0.5, 0.6) is 5.75 Å². The van der Waals surface area contributed by atoms with E-state index >= 15 is 0 Å². The topological polar surface area (TPSA) is 54.0 Å². The van der Waals surface area contributed by atoms with E-state index in [1.165, 1.54) is 0 Å². The van der Waals surface area contributed by atoms with E-state index in [1.807, 2.05) is 29.2 Å². The number of piperazine rings is 1. The third-order valence-electron chi connectivity index (χ3n) is 4.06. The Labute approximate surface area is 124 Å². The number of rotatable bonds is 3. The second-order valence-corrected chi connectivity index (χ2v) is 5.38. The summed E-state index contributed by atoms with van der Waals surface area (Å²) in [7, 11) is 1.62. The standard InChI is InChI=1S/C15H21N3O3/c1-20-14-4-2-3-12(9-14)16-15(19)18-7-5-17(6-8-18)13-10-21-11-13/h2-4,9,13H,5-8,10-11H2,1H3,(H,16,19). The van der Waals surface area contributed by atoms with Gasteiger partial charge >= 0.3 is 6.03 Å². The quantitative estimate of drug-likeness (QED) is 0.910. The average Bonchev–Trinajstić information content (AvgIpc) is 2.46. The Morgan fingerprint density at radius 1 is 1.29 bits per heavy atom. The third kappa shape index (κ3) is 3.28. The molecule has 0 aliphatic carbocycles. The molecule has 21 heavy (non-hydrogen) atoms. The largest absolute Gasteiger partial charge is 0.497 e. The van der Waals surface area contributed by atoms with Crippen LogP contribution >= 0.6 is 0 Å². The Kier molecular flexibility index (Phi) is 4.26. The summed E-state index contributed by atoms with van der Waals surface area (Å²) in [6.07, 6.45) is 0. The average molecular weight is 291 g/mol. The molecule has 114 valence electrons. The van der Waals surface area contributed by atoms with Gasteiger partial charge in [-0.3, -0.25) is 4.90 Å². The lowest BCUT2D eigenvalue weighted by Gasteiger charge is -2.42. The van der Waals surface area contributed by atoms with Crippen molar-refractivity contribution in [1.82, 2.24) is 9.80 Å². The highest BCUT2D eigenvalue weighted by molar-refractivity contribution is 5.89. The predicted octanol–water partition coefficient (Wildman–Crippen LogP) is 1.24. The molecule has 2 amide bonds. The Morgan fingerprint density at radius 2 is 2.05 bits per heavy atom. The van der Waals surface area contributed by atoms with Crippen LogP contribution in [0.3, 0.4) is 0 Å². The van der Waals surface area contributed by atoms with Crippen LogP contribution in [0.15, 0.2) is 24.3 Å². The molecule has 6 heteroatoms. The molecule has 0 spiro atoms. The van der Waals surface area contributed by atoms with Crippen LogP contribution < -0.4 is 10.1 Å². The Bertz CT molecular complexity index is 497. The number of benzene rings is 1. The van der Waals surface area contributed by atoms with E-state index in [0.29, 0.717) is 6.04 Å². The summed E-state index contributed by atoms with van der Waals surface area (Å²) in [6.45, 7) is 5.00. The van der Waals surface area contributed by atoms with E-state index in [-0.39, 0.29) is 6.03 Å². The molecule has 2 fully saturated rings. The van der Waals surface area contributed by atoms with Gasteiger partial charge < -0.3 is 19.7 Å². The lowest BCUT2D eigenvalue weighted by atomic mass is 10.2. The molecular formula is C15H21N3O3. The molecule has 2 aliphatic rings. The molecule has 0 saturated carbocycles. The highest BCUT2D eigenvalue weighted by atomic mass is 16.5. The Hall–Kier alpha value is -1.79. The summed E-state index contributed by atoms with van der Waals surface area (Å²) in [4.78, 5) is 16.5. The summed E-state index contributed by atoms with van der Waals surface area (Å²) in [5, 5.41) is 2.92. The van der Waals surface area contributed by atoms with Gasteiger partial charge in [-0.05, 0) is 12.1 Å². The molecule has 1 aromatic carbocycles. The first-order chi connectivity index (χ1) is 10.3. The predicted molar refractivity (Wildman–Crippen MR) is 79.8 cm³/mol. The third-order valence-corrected chi connectivity index (χ3v) is 4.06. The van der Waals surface area contributed by atoms with E-state index in [2.05, 4.69) is 10.2 Å². The second-order valence-electron chi connectivity index (χ2n) is 5.38. The van der Waals surface area contributed by atoms with Crippen LogP contribution in [-0.2, 0) is 4.74 Å². The number of hydrogen-bond donors (Lipinski definition) is 1. The Balaban J connectivity index is 1.51. The van der Waals surface area contributed by atoms with Crippen LogP contribution in [0.25, 0.3) is 0 Å². The molecule has 2 aliphatic heterocycles. The monoisotopic (exact) mass is 291 g/mol. The van der Waals surface area contributed by atoms with Crippen LogP contribution in [0.4, 0.5) is 10.5 Å². The van der Waals surface area contributed by atoms with E-state index in [9.17, 15) is 4.79 Å². The fourth-order valence-electron chi connectivity index (χ4n) is 2.63. The molecular weight excluding hydrogens is 270 g/mol. The van der Waals surface area contributed by atoms with Gasteiger partial charge in [-0.2, -0.15) is 0 Å². The smallest absolute Gasteiger partial charge is 0.321 e. The molecule has 1 aromatic rings. The molecule has 0 unspecified atom stereocenters. The van der Waals surface area contributed by atoms with Crippen molar-refractivity contribution >= 4 is 11.7 Å². The van der Waals surface area contributed by atoms with Crippen molar-refractivity contribution in [3.8, 4) is 5.75 Å². The summed E-state index contributed by atoms with van der Waals surface area (Å²) in [5.41, 5.74) is 0.758. The van der Waals surface area contributed by atoms with Crippen molar-refractivity contribution in [2.75, 3.05) is 51.8 Å². The van der Waals surface area contributed by atoms with Gasteiger partial charge in [0.25, 0.3) is 0 Å². The van der Waals surface area contributed by atoms with Crippen LogP contribution in [0, 0.1) is 0 Å². The van der Waals surface area contributed by atoms with E-state index in [1.54, 1.807) is 7.11 Å². The minimum absolute atomic E-state index is 0.0484. The number of methoxy groups -OCH3 is 1. The minimum atomic E-state index is -0.0484. The molecule has 6 nitrogen and oxygen atoms in total. The number of nitrogens with zero attached hydrogens (tertiary/aromatic N) is 2. The summed E-state index contributed by atoms with van der Waals surface area (Å²) in [5.74, 6) is 0.739. The summed E-state index contributed by atoms with van der Waals surface area (Å²) >= 11 is 0. The fourth-order valence-corrected chi connectivity index (χ4v) is 2.63. The number of carbonyl (C=O) groups excluding carboxylic acids is 1. The van der Waals surface area contributed by atoms with Gasteiger partial charge in [0, 0.05) is 37.9 Å². The molecule has 3 rings (SSSR count). The van der Waals surface area contributed by atoms with E-state index in [0.717, 1.165) is 50.8 Å². The highest BCUT2D eigenvalue weighted by Gasteiger charge is 2.30. The molecule has 2 saturated heterocycles. The van der Waals surface area contributed by atoms with Crippen molar-refractivity contribution in [3.63, 3.8) is 0 Å². The highest BCUT2D eigenvalue weighted by Crippen LogP contribution is 2.18. The molecule has 0 radical (unpaired) electrons. The molecule has 1 N–H and O–H groups in total. The van der Waals surface area contributed by atoms with Crippen molar-refractivity contribution in [2.45, 2.75) is 6.04 Å². The van der Waals surface area contributed by atoms with Gasteiger partial charge in [-0.25, -0.2) is 4.79 Å². The fraction of sp³-hybridized carbons (Fsp3) is 0.533. The molecule has 0 aromatic heterocycles. The molecule has 2 heterocycles. The van der Waals surface area contributed by atoms with Crippen molar-refractivity contribution < 1.29 is 14.3 Å². The SMILES string of the molecule is COc1cccc(NC(=O)N2CCN(C3COC3)CC2)c1. The maximum atomic E-state index is 12.3. The molecule has 0 atom stereocenters. The lowest BCUT2D eigenvalue weighted by molar-refractivity contribution is -0.0737. The van der Waals surface area contributed by atoms with Gasteiger partial charge in [-0.15, -0.1) is 0 Å². The number of nitrogens with one attached hydrogen (secondary N) is 1. The number of carbonyl (C=O) groups is 1. The zero-order valence-electron chi connectivity index (χ0n) is 12.2. The second kappa shape index (κ2) is 6.32. The van der Waals surface area contributed by atoms with Gasteiger partial charge in [0.1, 0.15) is 5.75 Å². The van der Waals surface area contributed by atoms with E-state index in [4.69, 9.17) is 9.47 Å². The summed E-state index contributed by atoms with van der Waals surface area (Å²) < 4.78 is 10.4. The van der Waals surface area contributed by atoms with Crippen LogP contribution in [0.1, 0.15) is 0 Å². The van der Waals surface area contributed by atoms with Crippen molar-refractivity contribution in [1.29, 1.82) is 0 Å².